The molecule has 4 aliphatic heterocycles. The number of hydrogen-bond donors (Lipinski definition) is 3. The quantitative estimate of drug-likeness (QED) is 0.202. The van der Waals surface area contributed by atoms with Gasteiger partial charge in [0.2, 0.25) is 5.91 Å². The summed E-state index contributed by atoms with van der Waals surface area (Å²) in [5, 5.41) is 28.7. The molecule has 19 heteroatoms. The minimum absolute atomic E-state index is 0.0816. The fourth-order valence-corrected chi connectivity index (χ4v) is 7.25. The number of allylic oxidation sites excluding steroid dienone is 6. The minimum atomic E-state index is -5.24. The SMILES string of the molecule is C\C=C1NC(=O)O[C@H]2CC(=O)N(C)c3cc(cc(OC)c3Cl)C/C(C)=C/C=C/[C@@H](OC)[C@@]3(O)C[C@H](OC(=O)N3)[C@@H](\C=C([N+](=O)[O-])/C=C\1C(F)(F)F)[C@@H]1O[C@@]21C. The standard InChI is InChI=1S/C36H40ClF3N4O11/c1-7-23-22(36(38,39)40)15-20(44(49)50)14-21-26-17-35(48,42-33(47)53-26)27(52-6)10-8-9-18(2)11-19-12-24(30(37)25(13-19)51-5)43(4)29(45)16-28(54-32(46)41-23)34(3)31(21)55-34/h7-10,12-15,21,26-28,31,48H,11,16-17H2,1-6H3,(H,41,46)(H,42,47)/b10-8+,18-9+,20-14+,22-15+,23-7+/t21-,26+,27-,28+,31+,34+,35+/m1/s1. The summed E-state index contributed by atoms with van der Waals surface area (Å²) < 4.78 is 71.8. The average molecular weight is 797 g/mol. The molecule has 3 N–H and O–H groups in total. The number of methoxy groups -OCH3 is 2. The number of alkyl halides is 3. The van der Waals surface area contributed by atoms with Gasteiger partial charge < -0.3 is 33.7 Å². The summed E-state index contributed by atoms with van der Waals surface area (Å²) in [5.41, 5.74) is -5.76. The molecule has 2 saturated heterocycles. The van der Waals surface area contributed by atoms with Crippen LogP contribution in [0.25, 0.3) is 0 Å². The maximum atomic E-state index is 14.5. The Labute approximate surface area is 318 Å². The van der Waals surface area contributed by atoms with Crippen LogP contribution in [0.1, 0.15) is 39.2 Å². The summed E-state index contributed by atoms with van der Waals surface area (Å²) in [6.07, 6.45) is -7.57. The van der Waals surface area contributed by atoms with Crippen molar-refractivity contribution >= 4 is 35.4 Å². The molecule has 7 atom stereocenters. The number of halogens is 4. The number of nitrogens with one attached hydrogen (secondary N) is 2. The number of anilines is 1. The van der Waals surface area contributed by atoms with Crippen LogP contribution in [0.15, 0.2) is 71.1 Å². The highest BCUT2D eigenvalue weighted by atomic mass is 35.5. The third-order valence-corrected chi connectivity index (χ3v) is 10.3. The van der Waals surface area contributed by atoms with Crippen molar-refractivity contribution < 1.29 is 61.3 Å². The molecule has 5 rings (SSSR count). The molecule has 0 unspecified atom stereocenters. The van der Waals surface area contributed by atoms with Crippen LogP contribution in [-0.4, -0.2) is 91.3 Å². The van der Waals surface area contributed by atoms with E-state index in [1.54, 1.807) is 24.3 Å². The first-order valence-corrected chi connectivity index (χ1v) is 17.3. The highest BCUT2D eigenvalue weighted by Gasteiger charge is 2.65. The largest absolute Gasteiger partial charge is 0.495 e. The second kappa shape index (κ2) is 15.7. The van der Waals surface area contributed by atoms with E-state index < -0.39 is 101 Å². The Morgan fingerprint density at radius 2 is 1.89 bits per heavy atom. The third kappa shape index (κ3) is 8.66. The summed E-state index contributed by atoms with van der Waals surface area (Å²) >= 11 is 6.67. The molecule has 55 heavy (non-hydrogen) atoms. The van der Waals surface area contributed by atoms with Crippen LogP contribution >= 0.6 is 11.6 Å². The van der Waals surface area contributed by atoms with Crippen LogP contribution in [0.4, 0.5) is 28.4 Å². The maximum Gasteiger partial charge on any atom is 0.418 e. The number of nitro groups is 1. The predicted molar refractivity (Wildman–Crippen MR) is 190 cm³/mol. The molecule has 298 valence electrons. The maximum absolute atomic E-state index is 14.5. The Balaban J connectivity index is 1.76. The van der Waals surface area contributed by atoms with Gasteiger partial charge in [0, 0.05) is 32.7 Å². The van der Waals surface area contributed by atoms with Gasteiger partial charge in [-0.05, 0) is 44.9 Å². The van der Waals surface area contributed by atoms with E-state index in [1.165, 1.54) is 39.2 Å². The molecule has 0 aliphatic carbocycles. The van der Waals surface area contributed by atoms with Crippen LogP contribution in [0, 0.1) is 16.0 Å². The van der Waals surface area contributed by atoms with Gasteiger partial charge in [0.05, 0.1) is 41.3 Å². The molecule has 0 spiro atoms. The van der Waals surface area contributed by atoms with Crippen molar-refractivity contribution in [2.24, 2.45) is 5.92 Å². The molecular formula is C36H40ClF3N4O11. The number of aliphatic hydroxyl groups is 1. The molecule has 6 bridgehead atoms. The number of ether oxygens (including phenoxy) is 5. The van der Waals surface area contributed by atoms with Crippen molar-refractivity contribution in [2.75, 3.05) is 26.2 Å². The lowest BCUT2D eigenvalue weighted by atomic mass is 9.82. The smallest absolute Gasteiger partial charge is 0.418 e. The molecule has 1 aromatic carbocycles. The second-order valence-electron chi connectivity index (χ2n) is 13.6. The van der Waals surface area contributed by atoms with E-state index in [4.69, 9.17) is 35.3 Å². The number of fused-ring (bicyclic) bond motifs is 5. The fourth-order valence-electron chi connectivity index (χ4n) is 6.94. The number of nitrogens with zero attached hydrogens (tertiary/aromatic N) is 2. The summed E-state index contributed by atoms with van der Waals surface area (Å²) in [4.78, 5) is 53.1. The van der Waals surface area contributed by atoms with Crippen LogP contribution in [0.3, 0.4) is 0 Å². The number of benzene rings is 1. The number of carbonyl (C=O) groups excluding carboxylic acids is 3. The molecule has 2 fully saturated rings. The summed E-state index contributed by atoms with van der Waals surface area (Å²) in [5.74, 6) is -1.90. The van der Waals surface area contributed by atoms with Crippen molar-refractivity contribution in [3.63, 3.8) is 0 Å². The van der Waals surface area contributed by atoms with E-state index in [0.717, 1.165) is 24.6 Å². The number of rotatable bonds is 3. The molecular weight excluding hydrogens is 757 g/mol. The molecule has 4 aliphatic rings. The molecule has 0 saturated carbocycles. The van der Waals surface area contributed by atoms with Gasteiger partial charge in [-0.15, -0.1) is 0 Å². The van der Waals surface area contributed by atoms with E-state index in [9.17, 15) is 42.8 Å². The van der Waals surface area contributed by atoms with Crippen LogP contribution < -0.4 is 20.3 Å². The molecule has 1 aromatic rings. The lowest BCUT2D eigenvalue weighted by Crippen LogP contribution is -2.63. The van der Waals surface area contributed by atoms with Gasteiger partial charge >= 0.3 is 18.4 Å². The minimum Gasteiger partial charge on any atom is -0.495 e. The zero-order chi connectivity index (χ0) is 40.6. The van der Waals surface area contributed by atoms with E-state index in [2.05, 4.69) is 5.32 Å². The highest BCUT2D eigenvalue weighted by Crippen LogP contribution is 2.50. The summed E-state index contributed by atoms with van der Waals surface area (Å²) in [7, 11) is 4.08. The number of hydrogen-bond acceptors (Lipinski definition) is 11. The van der Waals surface area contributed by atoms with Crippen molar-refractivity contribution in [2.45, 2.75) is 82.0 Å². The van der Waals surface area contributed by atoms with Gasteiger partial charge in [-0.2, -0.15) is 13.2 Å². The first-order chi connectivity index (χ1) is 25.7. The molecule has 3 amide bonds. The molecule has 0 radical (unpaired) electrons. The van der Waals surface area contributed by atoms with Gasteiger partial charge in [0.15, 0.2) is 5.72 Å². The highest BCUT2D eigenvalue weighted by molar-refractivity contribution is 6.35. The average Bonchev–Trinajstić information content (AvgIpc) is 3.78. The number of epoxide rings is 1. The van der Waals surface area contributed by atoms with Gasteiger partial charge in [0.25, 0.3) is 5.70 Å². The first kappa shape index (κ1) is 41.3. The Bertz CT molecular complexity index is 1910. The monoisotopic (exact) mass is 796 g/mol. The Hall–Kier alpha value is -4.91. The fraction of sp³-hybridized carbons (Fsp3) is 0.472. The van der Waals surface area contributed by atoms with Crippen LogP contribution in [-0.2, 0) is 30.2 Å². The lowest BCUT2D eigenvalue weighted by Gasteiger charge is -2.42. The lowest BCUT2D eigenvalue weighted by molar-refractivity contribution is -0.419. The Morgan fingerprint density at radius 1 is 1.18 bits per heavy atom. The Kier molecular flexibility index (Phi) is 11.8. The second-order valence-corrected chi connectivity index (χ2v) is 14.0. The van der Waals surface area contributed by atoms with E-state index >= 15 is 0 Å². The Morgan fingerprint density at radius 3 is 2.51 bits per heavy atom. The van der Waals surface area contributed by atoms with E-state index in [-0.39, 0.29) is 22.5 Å². The first-order valence-electron chi connectivity index (χ1n) is 16.9. The van der Waals surface area contributed by atoms with Crippen LogP contribution in [0.5, 0.6) is 5.75 Å². The summed E-state index contributed by atoms with van der Waals surface area (Å²) in [6.45, 7) is 4.41. The van der Waals surface area contributed by atoms with Crippen LogP contribution in [0.2, 0.25) is 5.02 Å². The normalized spacial score (nSPS) is 34.7. The van der Waals surface area contributed by atoms with Crippen molar-refractivity contribution in [1.82, 2.24) is 10.6 Å². The number of amides is 3. The number of carbonyl (C=O) groups is 3. The van der Waals surface area contributed by atoms with Crippen molar-refractivity contribution in [1.29, 1.82) is 0 Å². The van der Waals surface area contributed by atoms with Crippen molar-refractivity contribution in [3.8, 4) is 5.75 Å². The summed E-state index contributed by atoms with van der Waals surface area (Å²) in [6, 6.07) is 3.34. The topological polar surface area (TPSA) is 191 Å². The van der Waals surface area contributed by atoms with E-state index in [1.807, 2.05) is 12.2 Å². The molecule has 0 aromatic heterocycles. The number of alkyl carbamates (subject to hydrolysis) is 2. The molecule has 15 nitrogen and oxygen atoms in total. The van der Waals surface area contributed by atoms with Crippen molar-refractivity contribution in [3.05, 3.63) is 91.8 Å². The van der Waals surface area contributed by atoms with Gasteiger partial charge in [0.1, 0.15) is 40.8 Å². The zero-order valence-electron chi connectivity index (χ0n) is 30.6. The predicted octanol–water partition coefficient (Wildman–Crippen LogP) is 5.40. The third-order valence-electron chi connectivity index (χ3n) is 9.90. The van der Waals surface area contributed by atoms with Gasteiger partial charge in [-0.1, -0.05) is 41.5 Å². The van der Waals surface area contributed by atoms with E-state index in [0.29, 0.717) is 12.0 Å². The zero-order valence-corrected chi connectivity index (χ0v) is 31.3. The molecule has 4 heterocycles. The van der Waals surface area contributed by atoms with Gasteiger partial charge in [-0.25, -0.2) is 9.59 Å². The van der Waals surface area contributed by atoms with Gasteiger partial charge in [-0.3, -0.25) is 25.5 Å².